The van der Waals surface area contributed by atoms with Crippen molar-refractivity contribution in [2.75, 3.05) is 6.61 Å². The monoisotopic (exact) mass is 362 g/mol. The molecule has 1 N–H and O–H groups in total. The molecule has 92 valence electrons. The summed E-state index contributed by atoms with van der Waals surface area (Å²) < 4.78 is 9.61. The molecule has 0 bridgehead atoms. The van der Waals surface area contributed by atoms with Gasteiger partial charge in [0.05, 0.1) is 23.7 Å². The normalized spacial score (nSPS) is 11.5. The third kappa shape index (κ3) is 3.08. The van der Waals surface area contributed by atoms with Crippen molar-refractivity contribution in [1.29, 1.82) is 0 Å². The molecule has 5 heteroatoms. The minimum Gasteiger partial charge on any atom is -0.377 e. The lowest BCUT2D eigenvalue weighted by molar-refractivity contribution is 0.0731. The van der Waals surface area contributed by atoms with Crippen LogP contribution in [-0.4, -0.2) is 22.3 Å². The van der Waals surface area contributed by atoms with Gasteiger partial charge in [0.15, 0.2) is 4.77 Å². The van der Waals surface area contributed by atoms with Crippen molar-refractivity contribution in [3.8, 4) is 0 Å². The van der Waals surface area contributed by atoms with Crippen molar-refractivity contribution in [3.63, 3.8) is 0 Å². The minimum atomic E-state index is 0.260. The first-order valence-electron chi connectivity index (χ1n) is 5.57. The summed E-state index contributed by atoms with van der Waals surface area (Å²) in [5.74, 6) is 0. The second-order valence-electron chi connectivity index (χ2n) is 4.16. The van der Waals surface area contributed by atoms with Crippen LogP contribution >= 0.6 is 34.8 Å². The van der Waals surface area contributed by atoms with Crippen LogP contribution in [0.1, 0.15) is 13.8 Å². The number of rotatable bonds is 4. The van der Waals surface area contributed by atoms with Crippen molar-refractivity contribution in [1.82, 2.24) is 9.55 Å². The number of imidazole rings is 1. The molecular weight excluding hydrogens is 347 g/mol. The number of hydrogen-bond acceptors (Lipinski definition) is 2. The molecule has 0 aliphatic rings. The molecule has 0 saturated carbocycles. The highest BCUT2D eigenvalue weighted by molar-refractivity contribution is 14.1. The molecule has 0 atom stereocenters. The van der Waals surface area contributed by atoms with E-state index in [-0.39, 0.29) is 6.10 Å². The minimum absolute atomic E-state index is 0.260. The number of ether oxygens (including phenoxy) is 1. The van der Waals surface area contributed by atoms with Crippen LogP contribution in [0.15, 0.2) is 18.2 Å². The number of nitrogens with one attached hydrogen (secondary N) is 1. The van der Waals surface area contributed by atoms with Crippen LogP contribution in [0.3, 0.4) is 0 Å². The van der Waals surface area contributed by atoms with Crippen molar-refractivity contribution in [2.45, 2.75) is 26.5 Å². The molecule has 0 unspecified atom stereocenters. The summed E-state index contributed by atoms with van der Waals surface area (Å²) in [7, 11) is 0. The Bertz CT molecular complexity index is 573. The Labute approximate surface area is 119 Å². The van der Waals surface area contributed by atoms with Crippen molar-refractivity contribution < 1.29 is 4.74 Å². The maximum atomic E-state index is 5.56. The first kappa shape index (κ1) is 13.0. The Morgan fingerprint density at radius 2 is 2.24 bits per heavy atom. The molecule has 1 aromatic heterocycles. The molecule has 0 radical (unpaired) electrons. The molecule has 0 fully saturated rings. The lowest BCUT2D eigenvalue weighted by Crippen LogP contribution is -2.10. The lowest BCUT2D eigenvalue weighted by atomic mass is 10.3. The van der Waals surface area contributed by atoms with E-state index in [1.54, 1.807) is 0 Å². The third-order valence-electron chi connectivity index (χ3n) is 2.50. The van der Waals surface area contributed by atoms with Gasteiger partial charge in [-0.15, -0.1) is 0 Å². The van der Waals surface area contributed by atoms with E-state index in [2.05, 4.69) is 50.3 Å². The maximum Gasteiger partial charge on any atom is 0.178 e. The quantitative estimate of drug-likeness (QED) is 0.664. The number of nitrogens with zero attached hydrogens (tertiary/aromatic N) is 1. The topological polar surface area (TPSA) is 29.9 Å². The standard InChI is InChI=1S/C12H15IN2OS/c1-8(2)16-6-5-15-11-4-3-9(13)7-10(11)14-12(15)17/h3-4,7-8H,5-6H2,1-2H3,(H,14,17). The fourth-order valence-corrected chi connectivity index (χ4v) is 2.53. The number of benzene rings is 1. The van der Waals surface area contributed by atoms with E-state index in [0.29, 0.717) is 6.61 Å². The lowest BCUT2D eigenvalue weighted by Gasteiger charge is -2.08. The van der Waals surface area contributed by atoms with E-state index >= 15 is 0 Å². The number of aromatic amines is 1. The number of hydrogen-bond donors (Lipinski definition) is 1. The Balaban J connectivity index is 2.27. The van der Waals surface area contributed by atoms with E-state index in [9.17, 15) is 0 Å². The summed E-state index contributed by atoms with van der Waals surface area (Å²) in [4.78, 5) is 3.22. The molecule has 0 aliphatic heterocycles. The second-order valence-corrected chi connectivity index (χ2v) is 5.80. The molecule has 0 spiro atoms. The average Bonchev–Trinajstić information content (AvgIpc) is 2.54. The Morgan fingerprint density at radius 1 is 1.47 bits per heavy atom. The van der Waals surface area contributed by atoms with Crippen molar-refractivity contribution in [3.05, 3.63) is 26.5 Å². The molecule has 2 aromatic rings. The van der Waals surface area contributed by atoms with Gasteiger partial charge in [-0.25, -0.2) is 0 Å². The largest absolute Gasteiger partial charge is 0.377 e. The van der Waals surface area contributed by atoms with Crippen LogP contribution in [0, 0.1) is 8.34 Å². The highest BCUT2D eigenvalue weighted by Crippen LogP contribution is 2.17. The number of aromatic nitrogens is 2. The SMILES string of the molecule is CC(C)OCCn1c(=S)[nH]c2cc(I)ccc21. The van der Waals surface area contributed by atoms with Crippen molar-refractivity contribution >= 4 is 45.8 Å². The smallest absolute Gasteiger partial charge is 0.178 e. The van der Waals surface area contributed by atoms with Gasteiger partial charge in [0, 0.05) is 10.1 Å². The molecule has 0 saturated heterocycles. The number of H-pyrrole nitrogens is 1. The predicted octanol–water partition coefficient (Wildman–Crippen LogP) is 3.73. The molecule has 1 heterocycles. The van der Waals surface area contributed by atoms with Crippen LogP contribution in [0.5, 0.6) is 0 Å². The van der Waals surface area contributed by atoms with E-state index < -0.39 is 0 Å². The Kier molecular flexibility index (Phi) is 4.22. The van der Waals surface area contributed by atoms with Gasteiger partial charge in [-0.05, 0) is 66.9 Å². The average molecular weight is 362 g/mol. The highest BCUT2D eigenvalue weighted by atomic mass is 127. The van der Waals surface area contributed by atoms with Gasteiger partial charge < -0.3 is 14.3 Å². The zero-order chi connectivity index (χ0) is 12.4. The van der Waals surface area contributed by atoms with Gasteiger partial charge in [-0.3, -0.25) is 0 Å². The fraction of sp³-hybridized carbons (Fsp3) is 0.417. The maximum absolute atomic E-state index is 5.56. The first-order valence-corrected chi connectivity index (χ1v) is 7.06. The molecule has 1 aromatic carbocycles. The third-order valence-corrected chi connectivity index (χ3v) is 3.50. The summed E-state index contributed by atoms with van der Waals surface area (Å²) in [6.45, 7) is 5.55. The van der Waals surface area contributed by atoms with Crippen LogP contribution in [0.25, 0.3) is 11.0 Å². The van der Waals surface area contributed by atoms with Crippen LogP contribution in [0.4, 0.5) is 0 Å². The molecule has 0 aliphatic carbocycles. The summed E-state index contributed by atoms with van der Waals surface area (Å²) in [6, 6.07) is 6.29. The van der Waals surface area contributed by atoms with Crippen LogP contribution in [-0.2, 0) is 11.3 Å². The summed E-state index contributed by atoms with van der Waals surface area (Å²) in [5.41, 5.74) is 2.23. The van der Waals surface area contributed by atoms with E-state index in [1.807, 2.05) is 13.8 Å². The van der Waals surface area contributed by atoms with Crippen LogP contribution < -0.4 is 0 Å². The zero-order valence-electron chi connectivity index (χ0n) is 9.87. The van der Waals surface area contributed by atoms with E-state index in [0.717, 1.165) is 22.3 Å². The van der Waals surface area contributed by atoms with Gasteiger partial charge in [-0.2, -0.15) is 0 Å². The predicted molar refractivity (Wildman–Crippen MR) is 80.9 cm³/mol. The van der Waals surface area contributed by atoms with Gasteiger partial charge in [0.1, 0.15) is 0 Å². The highest BCUT2D eigenvalue weighted by Gasteiger charge is 2.04. The number of fused-ring (bicyclic) bond motifs is 1. The summed E-state index contributed by atoms with van der Waals surface area (Å²) in [5, 5.41) is 0. The van der Waals surface area contributed by atoms with Gasteiger partial charge in [0.25, 0.3) is 0 Å². The number of halogens is 1. The molecule has 3 nitrogen and oxygen atoms in total. The van der Waals surface area contributed by atoms with Gasteiger partial charge >= 0.3 is 0 Å². The first-order chi connectivity index (χ1) is 8.08. The van der Waals surface area contributed by atoms with Crippen molar-refractivity contribution in [2.24, 2.45) is 0 Å². The van der Waals surface area contributed by atoms with E-state index in [1.165, 1.54) is 3.57 Å². The fourth-order valence-electron chi connectivity index (χ4n) is 1.74. The second kappa shape index (κ2) is 5.49. The zero-order valence-corrected chi connectivity index (χ0v) is 12.8. The van der Waals surface area contributed by atoms with Gasteiger partial charge in [0.2, 0.25) is 0 Å². The Hall–Kier alpha value is -0.400. The molecule has 17 heavy (non-hydrogen) atoms. The van der Waals surface area contributed by atoms with Crippen LogP contribution in [0.2, 0.25) is 0 Å². The molecule has 2 rings (SSSR count). The molecule has 0 amide bonds. The molecular formula is C12H15IN2OS. The summed E-state index contributed by atoms with van der Waals surface area (Å²) in [6.07, 6.45) is 0.260. The van der Waals surface area contributed by atoms with E-state index in [4.69, 9.17) is 17.0 Å². The van der Waals surface area contributed by atoms with Gasteiger partial charge in [-0.1, -0.05) is 0 Å². The summed E-state index contributed by atoms with van der Waals surface area (Å²) >= 11 is 7.62. The Morgan fingerprint density at radius 3 is 2.94 bits per heavy atom.